The molecule has 0 amide bonds. The topological polar surface area (TPSA) is 81.4 Å². The van der Waals surface area contributed by atoms with Crippen molar-refractivity contribution >= 4 is 57.0 Å². The van der Waals surface area contributed by atoms with Crippen LogP contribution >= 0.6 is 34.5 Å². The van der Waals surface area contributed by atoms with Crippen molar-refractivity contribution in [1.29, 1.82) is 0 Å². The number of ether oxygens (including phenoxy) is 1. The summed E-state index contributed by atoms with van der Waals surface area (Å²) in [6.07, 6.45) is 0.584. The Hall–Kier alpha value is -2.80. The number of benzene rings is 2. The molecule has 0 radical (unpaired) electrons. The maximum absolute atomic E-state index is 13.4. The third-order valence-electron chi connectivity index (χ3n) is 5.51. The average Bonchev–Trinajstić information content (AvgIpc) is 3.14. The Labute approximate surface area is 206 Å². The fraction of sp³-hybridized carbons (Fsp3) is 0.200. The maximum atomic E-state index is 13.4. The summed E-state index contributed by atoms with van der Waals surface area (Å²) in [5.41, 5.74) is 10.1. The van der Waals surface area contributed by atoms with Crippen LogP contribution in [0.1, 0.15) is 52.5 Å². The van der Waals surface area contributed by atoms with Crippen LogP contribution in [0.15, 0.2) is 59.8 Å². The molecule has 1 aromatic heterocycles. The molecule has 8 heteroatoms. The van der Waals surface area contributed by atoms with Crippen molar-refractivity contribution in [2.45, 2.75) is 26.2 Å². The van der Waals surface area contributed by atoms with E-state index in [1.807, 2.05) is 37.3 Å². The van der Waals surface area contributed by atoms with Crippen molar-refractivity contribution in [3.8, 4) is 0 Å². The number of fused-ring (bicyclic) bond motifs is 1. The summed E-state index contributed by atoms with van der Waals surface area (Å²) in [6.45, 7) is 3.99. The highest BCUT2D eigenvalue weighted by atomic mass is 35.5. The number of carbonyl (C=O) groups excluding carboxylic acids is 2. The number of nitrogens with two attached hydrogens (primary N) is 1. The first-order valence-electron chi connectivity index (χ1n) is 10.5. The number of hydrogen-bond acceptors (Lipinski definition) is 6. The smallest absolute Gasteiger partial charge is 0.336 e. The van der Waals surface area contributed by atoms with Crippen LogP contribution < -0.4 is 11.1 Å². The minimum absolute atomic E-state index is 0.255. The molecule has 33 heavy (non-hydrogen) atoms. The first kappa shape index (κ1) is 23.4. The number of halogens is 2. The first-order valence-corrected chi connectivity index (χ1v) is 12.1. The second-order valence-corrected chi connectivity index (χ2v) is 9.34. The van der Waals surface area contributed by atoms with Crippen LogP contribution in [-0.2, 0) is 9.53 Å². The van der Waals surface area contributed by atoms with Gasteiger partial charge in [-0.2, -0.15) is 0 Å². The lowest BCUT2D eigenvalue weighted by molar-refractivity contribution is -0.138. The summed E-state index contributed by atoms with van der Waals surface area (Å²) in [7, 11) is 0. The van der Waals surface area contributed by atoms with Crippen LogP contribution in [0.3, 0.4) is 0 Å². The number of nitrogens with one attached hydrogen (secondary N) is 1. The zero-order valence-electron chi connectivity index (χ0n) is 18.1. The number of anilines is 2. The molecule has 2 aromatic carbocycles. The second-order valence-electron chi connectivity index (χ2n) is 7.48. The first-order chi connectivity index (χ1) is 15.9. The lowest BCUT2D eigenvalue weighted by atomic mass is 9.81. The molecule has 0 bridgehead atoms. The lowest BCUT2D eigenvalue weighted by Crippen LogP contribution is -2.25. The molecule has 1 atom stereocenters. The number of esters is 1. The number of allylic oxidation sites excluding steroid dienone is 1. The third-order valence-corrected chi connectivity index (χ3v) is 7.20. The molecule has 0 saturated carbocycles. The standard InChI is InChI=1S/C25H22Cl2N2O3S/c1-3-17-19(25(31)32-4-2)18(13-8-6-5-7-9-13)20-21(28)23(33-24(20)29-17)22(30)15-11-10-14(26)12-16(15)27/h5-12,18,29H,3-4,28H2,1-2H3. The van der Waals surface area contributed by atoms with Crippen LogP contribution in [0.4, 0.5) is 10.7 Å². The molecule has 4 rings (SSSR count). The Balaban J connectivity index is 1.90. The third kappa shape index (κ3) is 4.26. The highest BCUT2D eigenvalue weighted by molar-refractivity contribution is 7.19. The van der Waals surface area contributed by atoms with E-state index in [2.05, 4.69) is 5.32 Å². The molecule has 3 N–H and O–H groups in total. The van der Waals surface area contributed by atoms with E-state index < -0.39 is 11.9 Å². The Morgan fingerprint density at radius 3 is 2.48 bits per heavy atom. The van der Waals surface area contributed by atoms with E-state index in [0.29, 0.717) is 38.7 Å². The van der Waals surface area contributed by atoms with Crippen LogP contribution in [0.2, 0.25) is 10.0 Å². The molecule has 0 aliphatic carbocycles. The molecule has 170 valence electrons. The van der Waals surface area contributed by atoms with Crippen LogP contribution in [0.5, 0.6) is 0 Å². The van der Waals surface area contributed by atoms with Gasteiger partial charge in [-0.1, -0.05) is 60.5 Å². The molecule has 0 fully saturated rings. The van der Waals surface area contributed by atoms with Gasteiger partial charge in [0.25, 0.3) is 0 Å². The summed E-state index contributed by atoms with van der Waals surface area (Å²) in [5.74, 6) is -1.16. The SMILES string of the molecule is CCOC(=O)C1=C(CC)Nc2sc(C(=O)c3ccc(Cl)cc3Cl)c(N)c2C1c1ccccc1. The quantitative estimate of drug-likeness (QED) is 0.292. The van der Waals surface area contributed by atoms with Gasteiger partial charge in [0.1, 0.15) is 4.88 Å². The van der Waals surface area contributed by atoms with E-state index >= 15 is 0 Å². The van der Waals surface area contributed by atoms with Gasteiger partial charge in [-0.25, -0.2) is 4.79 Å². The van der Waals surface area contributed by atoms with Crippen molar-refractivity contribution in [1.82, 2.24) is 0 Å². The number of nitrogen functional groups attached to an aromatic ring is 1. The molecule has 5 nitrogen and oxygen atoms in total. The summed E-state index contributed by atoms with van der Waals surface area (Å²) < 4.78 is 5.40. The van der Waals surface area contributed by atoms with Gasteiger partial charge in [-0.05, 0) is 37.1 Å². The van der Waals surface area contributed by atoms with E-state index in [1.165, 1.54) is 17.4 Å². The predicted octanol–water partition coefficient (Wildman–Crippen LogP) is 6.65. The molecular formula is C25H22Cl2N2O3S. The van der Waals surface area contributed by atoms with Gasteiger partial charge in [-0.15, -0.1) is 11.3 Å². The molecule has 1 unspecified atom stereocenters. The van der Waals surface area contributed by atoms with Gasteiger partial charge in [0.15, 0.2) is 0 Å². The fourth-order valence-corrected chi connectivity index (χ4v) is 5.66. The number of ketones is 1. The van der Waals surface area contributed by atoms with E-state index in [4.69, 9.17) is 33.7 Å². The van der Waals surface area contributed by atoms with Gasteiger partial charge < -0.3 is 15.8 Å². The maximum Gasteiger partial charge on any atom is 0.336 e. The fourth-order valence-electron chi connectivity index (χ4n) is 4.03. The molecule has 1 aliphatic heterocycles. The Morgan fingerprint density at radius 1 is 1.12 bits per heavy atom. The van der Waals surface area contributed by atoms with Crippen LogP contribution in [0.25, 0.3) is 0 Å². The van der Waals surface area contributed by atoms with Crippen molar-refractivity contribution in [2.24, 2.45) is 0 Å². The Kier molecular flexibility index (Phi) is 6.79. The largest absolute Gasteiger partial charge is 0.463 e. The monoisotopic (exact) mass is 500 g/mol. The van der Waals surface area contributed by atoms with Crippen molar-refractivity contribution in [3.05, 3.63) is 91.4 Å². The van der Waals surface area contributed by atoms with Crippen LogP contribution in [-0.4, -0.2) is 18.4 Å². The van der Waals surface area contributed by atoms with E-state index in [1.54, 1.807) is 19.1 Å². The summed E-state index contributed by atoms with van der Waals surface area (Å²) >= 11 is 13.5. The van der Waals surface area contributed by atoms with Gasteiger partial charge in [0, 0.05) is 27.8 Å². The second kappa shape index (κ2) is 9.59. The van der Waals surface area contributed by atoms with Crippen LogP contribution in [0, 0.1) is 0 Å². The van der Waals surface area contributed by atoms with Gasteiger partial charge in [-0.3, -0.25) is 4.79 Å². The average molecular weight is 501 g/mol. The summed E-state index contributed by atoms with van der Waals surface area (Å²) in [6, 6.07) is 14.4. The van der Waals surface area contributed by atoms with Crippen molar-refractivity contribution in [3.63, 3.8) is 0 Å². The highest BCUT2D eigenvalue weighted by Gasteiger charge is 2.38. The predicted molar refractivity (Wildman–Crippen MR) is 134 cm³/mol. The van der Waals surface area contributed by atoms with Gasteiger partial charge in [0.2, 0.25) is 5.78 Å². The van der Waals surface area contributed by atoms with Gasteiger partial charge >= 0.3 is 5.97 Å². The molecule has 3 aromatic rings. The summed E-state index contributed by atoms with van der Waals surface area (Å²) in [5, 5.41) is 4.77. The van der Waals surface area contributed by atoms with E-state index in [9.17, 15) is 9.59 Å². The Morgan fingerprint density at radius 2 is 1.85 bits per heavy atom. The van der Waals surface area contributed by atoms with E-state index in [-0.39, 0.29) is 17.4 Å². The molecule has 0 spiro atoms. The van der Waals surface area contributed by atoms with Crippen molar-refractivity contribution in [2.75, 3.05) is 17.7 Å². The molecular weight excluding hydrogens is 479 g/mol. The van der Waals surface area contributed by atoms with E-state index in [0.717, 1.165) is 16.3 Å². The Bertz CT molecular complexity index is 1270. The van der Waals surface area contributed by atoms with Gasteiger partial charge in [0.05, 0.1) is 27.9 Å². The zero-order valence-corrected chi connectivity index (χ0v) is 20.4. The lowest BCUT2D eigenvalue weighted by Gasteiger charge is -2.29. The number of hydrogen-bond donors (Lipinski definition) is 2. The minimum Gasteiger partial charge on any atom is -0.463 e. The number of carbonyl (C=O) groups is 2. The number of rotatable bonds is 6. The minimum atomic E-state index is -0.463. The molecule has 2 heterocycles. The molecule has 0 saturated heterocycles. The normalized spacial score (nSPS) is 15.1. The number of thiophene rings is 1. The van der Waals surface area contributed by atoms with Crippen molar-refractivity contribution < 1.29 is 14.3 Å². The summed E-state index contributed by atoms with van der Waals surface area (Å²) in [4.78, 5) is 26.8. The zero-order chi connectivity index (χ0) is 23.7. The molecule has 1 aliphatic rings. The highest BCUT2D eigenvalue weighted by Crippen LogP contribution is 2.51.